The van der Waals surface area contributed by atoms with Gasteiger partial charge in [-0.05, 0) is 34.6 Å². The monoisotopic (exact) mass is 499 g/mol. The third-order valence-electron chi connectivity index (χ3n) is 3.54. The number of hydrogen-bond donors (Lipinski definition) is 3. The molecule has 8 heteroatoms. The van der Waals surface area contributed by atoms with E-state index >= 15 is 0 Å². The van der Waals surface area contributed by atoms with Crippen LogP contribution in [0.4, 0.5) is 0 Å². The highest BCUT2D eigenvalue weighted by molar-refractivity contribution is 14.0. The van der Waals surface area contributed by atoms with Gasteiger partial charge in [0.25, 0.3) is 0 Å². The first-order chi connectivity index (χ1) is 12.8. The van der Waals surface area contributed by atoms with E-state index < -0.39 is 0 Å². The van der Waals surface area contributed by atoms with Crippen LogP contribution in [0.25, 0.3) is 11.3 Å². The Kier molecular flexibility index (Phi) is 9.44. The summed E-state index contributed by atoms with van der Waals surface area (Å²) in [5.74, 6) is 1.68. The molecule has 0 spiro atoms. The quantitative estimate of drug-likeness (QED) is 0.323. The van der Waals surface area contributed by atoms with Crippen LogP contribution in [0.15, 0.2) is 39.9 Å². The van der Waals surface area contributed by atoms with Gasteiger partial charge in [-0.3, -0.25) is 4.79 Å². The van der Waals surface area contributed by atoms with Gasteiger partial charge in [-0.15, -0.1) is 24.0 Å². The van der Waals surface area contributed by atoms with E-state index in [9.17, 15) is 4.79 Å². The minimum absolute atomic E-state index is 0. The highest BCUT2D eigenvalue weighted by atomic mass is 127. The summed E-state index contributed by atoms with van der Waals surface area (Å²) in [4.78, 5) is 20.5. The van der Waals surface area contributed by atoms with E-state index in [1.54, 1.807) is 6.20 Å². The lowest BCUT2D eigenvalue weighted by molar-refractivity contribution is -0.121. The minimum Gasteiger partial charge on any atom is -0.439 e. The normalized spacial score (nSPS) is 11.5. The van der Waals surface area contributed by atoms with E-state index in [0.29, 0.717) is 24.9 Å². The van der Waals surface area contributed by atoms with Gasteiger partial charge < -0.3 is 20.4 Å². The first-order valence-corrected chi connectivity index (χ1v) is 9.12. The Morgan fingerprint density at radius 3 is 2.46 bits per heavy atom. The number of aliphatic imine (C=N–C) groups is 1. The number of nitrogens with one attached hydrogen (secondary N) is 3. The Morgan fingerprint density at radius 1 is 1.18 bits per heavy atom. The standard InChI is InChI=1S/C20H29N5O2.HI/c1-6-21-19(23-12-17(26)25-20(3,4)5)24-13-18-22-11-16(27-18)15-9-7-14(2)8-10-15;/h7-11H,6,12-13H2,1-5H3,(H,25,26)(H2,21,23,24);1H. The first kappa shape index (κ1) is 23.9. The van der Waals surface area contributed by atoms with Crippen LogP contribution in [-0.2, 0) is 11.3 Å². The number of halogens is 1. The van der Waals surface area contributed by atoms with Crippen LogP contribution < -0.4 is 16.0 Å². The third kappa shape index (κ3) is 8.28. The number of carbonyl (C=O) groups is 1. The van der Waals surface area contributed by atoms with Gasteiger partial charge in [0, 0.05) is 17.6 Å². The van der Waals surface area contributed by atoms with Gasteiger partial charge in [-0.1, -0.05) is 29.8 Å². The number of carbonyl (C=O) groups excluding carboxylic acids is 1. The summed E-state index contributed by atoms with van der Waals surface area (Å²) in [5, 5.41) is 9.12. The number of rotatable bonds is 6. The summed E-state index contributed by atoms with van der Waals surface area (Å²) in [5.41, 5.74) is 1.91. The fourth-order valence-corrected chi connectivity index (χ4v) is 2.35. The molecule has 2 aromatic rings. The highest BCUT2D eigenvalue weighted by Gasteiger charge is 2.13. The molecule has 0 saturated carbocycles. The smallest absolute Gasteiger partial charge is 0.242 e. The number of guanidine groups is 1. The van der Waals surface area contributed by atoms with Crippen molar-refractivity contribution in [2.24, 2.45) is 4.99 Å². The van der Waals surface area contributed by atoms with Gasteiger partial charge in [0.15, 0.2) is 11.7 Å². The molecule has 0 radical (unpaired) electrons. The SMILES string of the molecule is CCNC(=NCC(=O)NC(C)(C)C)NCc1ncc(-c2ccc(C)cc2)o1.I. The topological polar surface area (TPSA) is 91.5 Å². The molecule has 28 heavy (non-hydrogen) atoms. The van der Waals surface area contributed by atoms with Crippen molar-refractivity contribution in [3.8, 4) is 11.3 Å². The van der Waals surface area contributed by atoms with Gasteiger partial charge in [-0.25, -0.2) is 9.98 Å². The number of amides is 1. The van der Waals surface area contributed by atoms with Gasteiger partial charge >= 0.3 is 0 Å². The van der Waals surface area contributed by atoms with Gasteiger partial charge in [0.2, 0.25) is 11.8 Å². The molecule has 0 aliphatic rings. The van der Waals surface area contributed by atoms with Crippen LogP contribution in [-0.4, -0.2) is 35.5 Å². The van der Waals surface area contributed by atoms with Crippen molar-refractivity contribution in [1.82, 2.24) is 20.9 Å². The molecular weight excluding hydrogens is 469 g/mol. The second-order valence-corrected chi connectivity index (χ2v) is 7.33. The van der Waals surface area contributed by atoms with Crippen molar-refractivity contribution >= 4 is 35.8 Å². The van der Waals surface area contributed by atoms with Crippen molar-refractivity contribution < 1.29 is 9.21 Å². The fraction of sp³-hybridized carbons (Fsp3) is 0.450. The Bertz CT molecular complexity index is 779. The Hall–Kier alpha value is -2.10. The van der Waals surface area contributed by atoms with Crippen LogP contribution in [0, 0.1) is 6.92 Å². The largest absolute Gasteiger partial charge is 0.439 e. The van der Waals surface area contributed by atoms with Crippen LogP contribution in [0.2, 0.25) is 0 Å². The van der Waals surface area contributed by atoms with Crippen molar-refractivity contribution in [3.05, 3.63) is 41.9 Å². The van der Waals surface area contributed by atoms with E-state index in [-0.39, 0.29) is 42.0 Å². The summed E-state index contributed by atoms with van der Waals surface area (Å²) in [6.07, 6.45) is 1.71. The van der Waals surface area contributed by atoms with Crippen LogP contribution in [0.3, 0.4) is 0 Å². The highest BCUT2D eigenvalue weighted by Crippen LogP contribution is 2.20. The molecule has 0 unspecified atom stereocenters. The van der Waals surface area contributed by atoms with E-state index in [2.05, 4.69) is 25.9 Å². The zero-order valence-corrected chi connectivity index (χ0v) is 19.5. The molecule has 0 atom stereocenters. The molecule has 0 aliphatic carbocycles. The molecule has 1 amide bonds. The van der Waals surface area contributed by atoms with Crippen molar-refractivity contribution in [1.29, 1.82) is 0 Å². The Balaban J connectivity index is 0.00000392. The summed E-state index contributed by atoms with van der Waals surface area (Å²) in [6, 6.07) is 8.08. The fourth-order valence-electron chi connectivity index (χ4n) is 2.35. The maximum Gasteiger partial charge on any atom is 0.242 e. The molecule has 0 saturated heterocycles. The number of benzene rings is 1. The second-order valence-electron chi connectivity index (χ2n) is 7.33. The van der Waals surface area contributed by atoms with Crippen molar-refractivity contribution in [2.75, 3.05) is 13.1 Å². The minimum atomic E-state index is -0.275. The number of oxazole rings is 1. The third-order valence-corrected chi connectivity index (χ3v) is 3.54. The summed E-state index contributed by atoms with van der Waals surface area (Å²) < 4.78 is 5.79. The summed E-state index contributed by atoms with van der Waals surface area (Å²) in [6.45, 7) is 10.9. The number of aryl methyl sites for hydroxylation is 1. The van der Waals surface area contributed by atoms with Crippen molar-refractivity contribution in [3.63, 3.8) is 0 Å². The van der Waals surface area contributed by atoms with Crippen LogP contribution in [0.1, 0.15) is 39.1 Å². The molecule has 3 N–H and O–H groups in total. The molecular formula is C20H30IN5O2. The number of aromatic nitrogens is 1. The van der Waals surface area contributed by atoms with E-state index in [4.69, 9.17) is 4.42 Å². The van der Waals surface area contributed by atoms with E-state index in [0.717, 1.165) is 11.3 Å². The number of nitrogens with zero attached hydrogens (tertiary/aromatic N) is 2. The average Bonchev–Trinajstić information content (AvgIpc) is 3.05. The average molecular weight is 499 g/mol. The van der Waals surface area contributed by atoms with E-state index in [1.165, 1.54) is 5.56 Å². The van der Waals surface area contributed by atoms with Crippen LogP contribution >= 0.6 is 24.0 Å². The molecule has 0 fully saturated rings. The molecule has 1 heterocycles. The predicted molar refractivity (Wildman–Crippen MR) is 123 cm³/mol. The second kappa shape index (κ2) is 11.0. The molecule has 2 rings (SSSR count). The Morgan fingerprint density at radius 2 is 1.86 bits per heavy atom. The zero-order chi connectivity index (χ0) is 19.9. The van der Waals surface area contributed by atoms with Gasteiger partial charge in [0.1, 0.15) is 6.54 Å². The van der Waals surface area contributed by atoms with Crippen molar-refractivity contribution in [2.45, 2.75) is 46.7 Å². The first-order valence-electron chi connectivity index (χ1n) is 9.12. The van der Waals surface area contributed by atoms with Gasteiger partial charge in [-0.2, -0.15) is 0 Å². The lowest BCUT2D eigenvalue weighted by atomic mass is 10.1. The number of hydrogen-bond acceptors (Lipinski definition) is 4. The lowest BCUT2D eigenvalue weighted by Gasteiger charge is -2.20. The summed E-state index contributed by atoms with van der Waals surface area (Å²) >= 11 is 0. The Labute approximate surface area is 183 Å². The van der Waals surface area contributed by atoms with Crippen LogP contribution in [0.5, 0.6) is 0 Å². The zero-order valence-electron chi connectivity index (χ0n) is 17.1. The van der Waals surface area contributed by atoms with E-state index in [1.807, 2.05) is 58.9 Å². The molecule has 154 valence electrons. The predicted octanol–water partition coefficient (Wildman–Crippen LogP) is 3.24. The van der Waals surface area contributed by atoms with Gasteiger partial charge in [0.05, 0.1) is 12.7 Å². The summed E-state index contributed by atoms with van der Waals surface area (Å²) in [7, 11) is 0. The maximum absolute atomic E-state index is 11.9. The molecule has 0 aliphatic heterocycles. The lowest BCUT2D eigenvalue weighted by Crippen LogP contribution is -2.43. The maximum atomic E-state index is 11.9. The molecule has 0 bridgehead atoms. The molecule has 1 aromatic carbocycles. The molecule has 1 aromatic heterocycles. The molecule has 7 nitrogen and oxygen atoms in total.